The fraction of sp³-hybridized carbons (Fsp3) is 0.225. The molecule has 4 aromatic carbocycles. The van der Waals surface area contributed by atoms with E-state index >= 15 is 0 Å². The van der Waals surface area contributed by atoms with E-state index in [0.29, 0.717) is 28.5 Å². The van der Waals surface area contributed by atoms with Gasteiger partial charge in [-0.1, -0.05) is 84.4 Å². The zero-order valence-corrected chi connectivity index (χ0v) is 30.4. The van der Waals surface area contributed by atoms with Crippen LogP contribution in [-0.4, -0.2) is 53.4 Å². The summed E-state index contributed by atoms with van der Waals surface area (Å²) in [5.41, 5.74) is 4.61. The number of nitrogens with one attached hydrogen (secondary N) is 2. The number of aliphatic hydroxyl groups excluding tert-OH is 1. The van der Waals surface area contributed by atoms with Crippen molar-refractivity contribution in [2.45, 2.75) is 60.8 Å². The highest BCUT2D eigenvalue weighted by molar-refractivity contribution is 7.99. The van der Waals surface area contributed by atoms with Crippen LogP contribution in [-0.2, 0) is 37.3 Å². The molecule has 4 N–H and O–H groups in total. The third-order valence-electron chi connectivity index (χ3n) is 8.70. The first-order valence-corrected chi connectivity index (χ1v) is 19.4. The first kappa shape index (κ1) is 37.9. The van der Waals surface area contributed by atoms with Crippen molar-refractivity contribution in [3.05, 3.63) is 155 Å². The minimum absolute atomic E-state index is 0.0625. The van der Waals surface area contributed by atoms with Crippen LogP contribution < -0.4 is 10.0 Å². The first-order valence-electron chi connectivity index (χ1n) is 16.9. The third kappa shape index (κ3) is 9.96. The summed E-state index contributed by atoms with van der Waals surface area (Å²) in [6, 6.07) is 32.0. The number of hydrogen-bond donors (Lipinski definition) is 4. The largest absolute Gasteiger partial charge is 0.478 e. The number of carboxylic acid groups (broad SMARTS) is 1. The lowest BCUT2D eigenvalue weighted by atomic mass is 10.0. The molecule has 0 bridgehead atoms. The van der Waals surface area contributed by atoms with Crippen molar-refractivity contribution in [3.8, 4) is 0 Å². The average molecular weight is 754 g/mol. The topological polar surface area (TPSA) is 164 Å². The monoisotopic (exact) mass is 753 g/mol. The van der Waals surface area contributed by atoms with Gasteiger partial charge < -0.3 is 25.0 Å². The summed E-state index contributed by atoms with van der Waals surface area (Å²) in [7, 11) is -4.01. The molecule has 1 aliphatic rings. The minimum atomic E-state index is -4.01. The Labute approximate surface area is 312 Å². The van der Waals surface area contributed by atoms with E-state index < -0.39 is 34.2 Å². The number of benzene rings is 4. The van der Waals surface area contributed by atoms with E-state index in [1.165, 1.54) is 30.0 Å². The van der Waals surface area contributed by atoms with E-state index in [1.807, 2.05) is 61.5 Å². The maximum absolute atomic E-state index is 13.7. The maximum Gasteiger partial charge on any atom is 0.338 e. The number of sulfonamides is 1. The molecule has 6 rings (SSSR count). The van der Waals surface area contributed by atoms with Gasteiger partial charge in [-0.2, -0.15) is 4.72 Å². The normalized spacial score (nSPS) is 17.9. The number of nitrogens with zero attached hydrogens (tertiary/aromatic N) is 1. The molecule has 13 heteroatoms. The highest BCUT2D eigenvalue weighted by Gasteiger charge is 2.33. The van der Waals surface area contributed by atoms with Crippen LogP contribution in [0.5, 0.6) is 0 Å². The van der Waals surface area contributed by atoms with Gasteiger partial charge in [-0.05, 0) is 66.4 Å². The fourth-order valence-electron chi connectivity index (χ4n) is 5.83. The summed E-state index contributed by atoms with van der Waals surface area (Å²) in [6.45, 7) is 1.78. The number of aromatic nitrogens is 1. The Kier molecular flexibility index (Phi) is 12.3. The van der Waals surface area contributed by atoms with Gasteiger partial charge in [0.1, 0.15) is 11.1 Å². The summed E-state index contributed by atoms with van der Waals surface area (Å²) >= 11 is 1.30. The molecule has 11 nitrogen and oxygen atoms in total. The van der Waals surface area contributed by atoms with Crippen molar-refractivity contribution in [2.24, 2.45) is 0 Å². The van der Waals surface area contributed by atoms with Crippen molar-refractivity contribution < 1.29 is 37.7 Å². The van der Waals surface area contributed by atoms with Crippen LogP contribution in [0.2, 0.25) is 0 Å². The van der Waals surface area contributed by atoms with E-state index in [-0.39, 0.29) is 35.7 Å². The number of pyridine rings is 1. The number of anilines is 1. The van der Waals surface area contributed by atoms with E-state index in [2.05, 4.69) is 15.0 Å². The molecule has 53 heavy (non-hydrogen) atoms. The lowest BCUT2D eigenvalue weighted by Gasteiger charge is -2.36. The van der Waals surface area contributed by atoms with Crippen molar-refractivity contribution in [3.63, 3.8) is 0 Å². The molecule has 0 spiro atoms. The van der Waals surface area contributed by atoms with E-state index in [9.17, 15) is 28.2 Å². The lowest BCUT2D eigenvalue weighted by Crippen LogP contribution is -2.45. The summed E-state index contributed by atoms with van der Waals surface area (Å²) in [5, 5.41) is 22.4. The van der Waals surface area contributed by atoms with E-state index in [1.54, 1.807) is 48.7 Å². The van der Waals surface area contributed by atoms with Crippen LogP contribution in [0, 0.1) is 6.92 Å². The molecule has 1 fully saturated rings. The van der Waals surface area contributed by atoms with Gasteiger partial charge in [-0.3, -0.25) is 4.79 Å². The van der Waals surface area contributed by atoms with Crippen LogP contribution in [0.25, 0.3) is 0 Å². The van der Waals surface area contributed by atoms with Crippen LogP contribution >= 0.6 is 11.8 Å². The molecule has 4 atom stereocenters. The minimum Gasteiger partial charge on any atom is -0.478 e. The predicted molar refractivity (Wildman–Crippen MR) is 201 cm³/mol. The fourth-order valence-corrected chi connectivity index (χ4v) is 8.03. The van der Waals surface area contributed by atoms with Gasteiger partial charge in [0, 0.05) is 29.6 Å². The van der Waals surface area contributed by atoms with Gasteiger partial charge in [-0.25, -0.2) is 18.2 Å². The molecule has 1 amide bonds. The first-order chi connectivity index (χ1) is 25.6. The number of hydrogen-bond acceptors (Lipinski definition) is 9. The average Bonchev–Trinajstić information content (AvgIpc) is 3.17. The standard InChI is InChI=1S/C40H39N3O8S2/c1-26-9-19-33(20-10-26)53(48,49)43-35(22-27-6-3-2-4-7-27)37(45)42-31-17-15-30(16-18-31)40-50-32(25-52-38-34(39(46)47)8-5-21-41-38)23-36(51-40)29-13-11-28(24-44)12-14-29/h2-21,32,35-36,40,43-44H,22-25H2,1H3,(H,42,45)(H,46,47)/t32-,35-,36+,40+/m1/s1. The SMILES string of the molecule is Cc1ccc(S(=O)(=O)N[C@H](Cc2ccccc2)C(=O)Nc2ccc([C@H]3O[C@@H](CSc4ncccc4C(=O)O)C[C@@H](c4ccc(CO)cc4)O3)cc2)cc1. The number of carbonyl (C=O) groups excluding carboxylic acids is 1. The lowest BCUT2D eigenvalue weighted by molar-refractivity contribution is -0.245. The summed E-state index contributed by atoms with van der Waals surface area (Å²) in [4.78, 5) is 29.8. The second-order valence-electron chi connectivity index (χ2n) is 12.6. The Hall–Kier alpha value is -4.89. The van der Waals surface area contributed by atoms with Crippen molar-refractivity contribution in [2.75, 3.05) is 11.1 Å². The van der Waals surface area contributed by atoms with Crippen molar-refractivity contribution in [1.29, 1.82) is 0 Å². The molecule has 5 aromatic rings. The Balaban J connectivity index is 1.19. The zero-order chi connectivity index (χ0) is 37.4. The summed E-state index contributed by atoms with van der Waals surface area (Å²) in [6.07, 6.45) is 0.672. The Bertz CT molecular complexity index is 2110. The van der Waals surface area contributed by atoms with Gasteiger partial charge in [0.25, 0.3) is 0 Å². The molecule has 1 saturated heterocycles. The van der Waals surface area contributed by atoms with Crippen LogP contribution in [0.1, 0.15) is 57.0 Å². The molecule has 0 saturated carbocycles. The van der Waals surface area contributed by atoms with E-state index in [4.69, 9.17) is 9.47 Å². The number of thioether (sulfide) groups is 1. The molecule has 274 valence electrons. The van der Waals surface area contributed by atoms with Gasteiger partial charge in [-0.15, -0.1) is 11.8 Å². The number of aliphatic hydroxyl groups is 1. The van der Waals surface area contributed by atoms with Gasteiger partial charge >= 0.3 is 5.97 Å². The smallest absolute Gasteiger partial charge is 0.338 e. The maximum atomic E-state index is 13.7. The quantitative estimate of drug-likeness (QED) is 0.0928. The van der Waals surface area contributed by atoms with E-state index in [0.717, 1.165) is 22.3 Å². The number of carbonyl (C=O) groups is 2. The van der Waals surface area contributed by atoms with Crippen molar-refractivity contribution in [1.82, 2.24) is 9.71 Å². The highest BCUT2D eigenvalue weighted by atomic mass is 32.2. The summed E-state index contributed by atoms with van der Waals surface area (Å²) < 4.78 is 42.1. The number of ether oxygens (including phenoxy) is 2. The Morgan fingerprint density at radius 3 is 2.25 bits per heavy atom. The molecule has 0 unspecified atom stereocenters. The van der Waals surface area contributed by atoms with Gasteiger partial charge in [0.15, 0.2) is 6.29 Å². The number of carboxylic acids is 1. The number of rotatable bonds is 14. The number of aryl methyl sites for hydroxylation is 1. The number of amides is 1. The molecule has 2 heterocycles. The molecule has 0 aliphatic carbocycles. The summed E-state index contributed by atoms with van der Waals surface area (Å²) in [5.74, 6) is -1.17. The highest BCUT2D eigenvalue weighted by Crippen LogP contribution is 2.40. The number of aromatic carboxylic acids is 1. The van der Waals surface area contributed by atoms with Crippen LogP contribution in [0.3, 0.4) is 0 Å². The van der Waals surface area contributed by atoms with Gasteiger partial charge in [0.2, 0.25) is 15.9 Å². The van der Waals surface area contributed by atoms with Crippen LogP contribution in [0.4, 0.5) is 5.69 Å². The van der Waals surface area contributed by atoms with Crippen LogP contribution in [0.15, 0.2) is 131 Å². The second kappa shape index (κ2) is 17.3. The van der Waals surface area contributed by atoms with Gasteiger partial charge in [0.05, 0.1) is 29.3 Å². The Morgan fingerprint density at radius 1 is 0.868 bits per heavy atom. The zero-order valence-electron chi connectivity index (χ0n) is 28.8. The van der Waals surface area contributed by atoms with Crippen molar-refractivity contribution >= 4 is 39.3 Å². The third-order valence-corrected chi connectivity index (χ3v) is 11.3. The molecule has 1 aromatic heterocycles. The molecule has 0 radical (unpaired) electrons. The Morgan fingerprint density at radius 2 is 1.57 bits per heavy atom. The second-order valence-corrected chi connectivity index (χ2v) is 15.3. The molecular formula is C40H39N3O8S2. The molecule has 1 aliphatic heterocycles. The predicted octanol–water partition coefficient (Wildman–Crippen LogP) is 6.45. The molecular weight excluding hydrogens is 715 g/mol.